The molecule has 1 aromatic carbocycles. The second-order valence-corrected chi connectivity index (χ2v) is 7.16. The topological polar surface area (TPSA) is 21.3 Å². The second-order valence-electron chi connectivity index (χ2n) is 6.24. The van der Waals surface area contributed by atoms with Crippen molar-refractivity contribution in [2.45, 2.75) is 58.6 Å². The average molecular weight is 326 g/mol. The van der Waals surface area contributed by atoms with E-state index >= 15 is 0 Å². The molecule has 0 saturated heterocycles. The van der Waals surface area contributed by atoms with E-state index in [9.17, 15) is 0 Å². The molecule has 3 heteroatoms. The highest BCUT2D eigenvalue weighted by Crippen LogP contribution is 2.45. The summed E-state index contributed by atoms with van der Waals surface area (Å²) in [6.07, 6.45) is 1.00. The number of halogens is 1. The van der Waals surface area contributed by atoms with E-state index in [4.69, 9.17) is 4.74 Å². The number of hydrogen-bond donors (Lipinski definition) is 1. The molecule has 0 aliphatic carbocycles. The van der Waals surface area contributed by atoms with Crippen LogP contribution < -0.4 is 10.1 Å². The van der Waals surface area contributed by atoms with E-state index in [-0.39, 0.29) is 5.60 Å². The highest BCUT2D eigenvalue weighted by molar-refractivity contribution is 9.10. The van der Waals surface area contributed by atoms with Gasteiger partial charge in [-0.1, -0.05) is 36.7 Å². The van der Waals surface area contributed by atoms with Gasteiger partial charge in [-0.3, -0.25) is 0 Å². The van der Waals surface area contributed by atoms with Gasteiger partial charge in [-0.05, 0) is 44.0 Å². The lowest BCUT2D eigenvalue weighted by Crippen LogP contribution is -2.40. The van der Waals surface area contributed by atoms with Gasteiger partial charge in [-0.15, -0.1) is 0 Å². The van der Waals surface area contributed by atoms with Crippen LogP contribution in [0.2, 0.25) is 0 Å². The summed E-state index contributed by atoms with van der Waals surface area (Å²) < 4.78 is 7.42. The minimum atomic E-state index is -0.114. The summed E-state index contributed by atoms with van der Waals surface area (Å²) in [6.45, 7) is 11.9. The Kier molecular flexibility index (Phi) is 4.26. The zero-order chi connectivity index (χ0) is 14.2. The van der Waals surface area contributed by atoms with Crippen molar-refractivity contribution in [2.24, 2.45) is 0 Å². The summed E-state index contributed by atoms with van der Waals surface area (Å²) in [6, 6.07) is 4.76. The van der Waals surface area contributed by atoms with Crippen molar-refractivity contribution in [2.75, 3.05) is 6.54 Å². The quantitative estimate of drug-likeness (QED) is 0.863. The van der Waals surface area contributed by atoms with E-state index < -0.39 is 0 Å². The maximum absolute atomic E-state index is 6.28. The predicted octanol–water partition coefficient (Wildman–Crippen LogP) is 4.78. The maximum Gasteiger partial charge on any atom is 0.128 e. The molecule has 1 N–H and O–H groups in total. The highest BCUT2D eigenvalue weighted by atomic mass is 79.9. The normalized spacial score (nSPS) is 21.1. The van der Waals surface area contributed by atoms with E-state index in [0.717, 1.165) is 23.2 Å². The largest absolute Gasteiger partial charge is 0.487 e. The Balaban J connectivity index is 2.55. The second kappa shape index (κ2) is 5.45. The van der Waals surface area contributed by atoms with Crippen LogP contribution in [-0.4, -0.2) is 12.1 Å². The third kappa shape index (κ3) is 3.14. The molecule has 0 spiro atoms. The van der Waals surface area contributed by atoms with Gasteiger partial charge >= 0.3 is 0 Å². The zero-order valence-corrected chi connectivity index (χ0v) is 14.1. The third-order valence-electron chi connectivity index (χ3n) is 3.63. The summed E-state index contributed by atoms with van der Waals surface area (Å²) >= 11 is 3.63. The lowest BCUT2D eigenvalue weighted by atomic mass is 9.86. The van der Waals surface area contributed by atoms with Crippen molar-refractivity contribution in [3.63, 3.8) is 0 Å². The summed E-state index contributed by atoms with van der Waals surface area (Å²) in [5.41, 5.74) is 2.47. The average Bonchev–Trinajstić information content (AvgIpc) is 2.28. The van der Waals surface area contributed by atoms with Crippen LogP contribution in [0.15, 0.2) is 16.6 Å². The molecule has 2 rings (SSSR count). The summed E-state index contributed by atoms with van der Waals surface area (Å²) in [5, 5.41) is 3.59. The van der Waals surface area contributed by atoms with Gasteiger partial charge in [0.05, 0.1) is 0 Å². The Morgan fingerprint density at radius 2 is 2.11 bits per heavy atom. The van der Waals surface area contributed by atoms with E-state index in [1.165, 1.54) is 11.1 Å². The van der Waals surface area contributed by atoms with Gasteiger partial charge < -0.3 is 10.1 Å². The number of fused-ring (bicyclic) bond motifs is 1. The molecule has 1 aliphatic heterocycles. The van der Waals surface area contributed by atoms with Gasteiger partial charge in [-0.25, -0.2) is 0 Å². The minimum absolute atomic E-state index is 0.114. The SMILES string of the molecule is CCNC1CC(C)(C)Oc2c(C(C)C)cc(Br)cc21. The first-order chi connectivity index (χ1) is 8.84. The van der Waals surface area contributed by atoms with Crippen molar-refractivity contribution < 1.29 is 4.74 Å². The fourth-order valence-corrected chi connectivity index (χ4v) is 3.28. The van der Waals surface area contributed by atoms with Gasteiger partial charge in [0.15, 0.2) is 0 Å². The molecule has 0 radical (unpaired) electrons. The fourth-order valence-electron chi connectivity index (χ4n) is 2.79. The van der Waals surface area contributed by atoms with Crippen LogP contribution >= 0.6 is 15.9 Å². The van der Waals surface area contributed by atoms with Crippen LogP contribution in [0.5, 0.6) is 5.75 Å². The maximum atomic E-state index is 6.28. The summed E-state index contributed by atoms with van der Waals surface area (Å²) in [7, 11) is 0. The zero-order valence-electron chi connectivity index (χ0n) is 12.5. The Morgan fingerprint density at radius 1 is 1.42 bits per heavy atom. The molecule has 0 bridgehead atoms. The Morgan fingerprint density at radius 3 is 2.68 bits per heavy atom. The van der Waals surface area contributed by atoms with Crippen molar-refractivity contribution >= 4 is 15.9 Å². The molecule has 1 aromatic rings. The molecule has 19 heavy (non-hydrogen) atoms. The standard InChI is InChI=1S/C16H24BrNO/c1-6-18-14-9-16(4,5)19-15-12(10(2)3)7-11(17)8-13(14)15/h7-8,10,14,18H,6,9H2,1-5H3. The van der Waals surface area contributed by atoms with Gasteiger partial charge in [0.2, 0.25) is 0 Å². The fraction of sp³-hybridized carbons (Fsp3) is 0.625. The first kappa shape index (κ1) is 14.9. The van der Waals surface area contributed by atoms with Crippen molar-refractivity contribution in [1.29, 1.82) is 0 Å². The van der Waals surface area contributed by atoms with E-state index in [2.05, 4.69) is 68.0 Å². The van der Waals surface area contributed by atoms with Crippen LogP contribution in [0.4, 0.5) is 0 Å². The van der Waals surface area contributed by atoms with Crippen LogP contribution in [0.3, 0.4) is 0 Å². The van der Waals surface area contributed by atoms with Gasteiger partial charge in [0.25, 0.3) is 0 Å². The molecular formula is C16H24BrNO. The molecule has 0 aromatic heterocycles. The van der Waals surface area contributed by atoms with Crippen molar-refractivity contribution in [1.82, 2.24) is 5.32 Å². The molecule has 1 heterocycles. The highest BCUT2D eigenvalue weighted by Gasteiger charge is 2.35. The van der Waals surface area contributed by atoms with Crippen LogP contribution in [0.1, 0.15) is 64.1 Å². The summed E-state index contributed by atoms with van der Waals surface area (Å²) in [4.78, 5) is 0. The lowest BCUT2D eigenvalue weighted by molar-refractivity contribution is 0.0648. The Labute approximate surface area is 125 Å². The van der Waals surface area contributed by atoms with Crippen LogP contribution in [-0.2, 0) is 0 Å². The molecule has 1 aliphatic rings. The van der Waals surface area contributed by atoms with E-state index in [1.54, 1.807) is 0 Å². The molecule has 0 saturated carbocycles. The van der Waals surface area contributed by atoms with E-state index in [0.29, 0.717) is 12.0 Å². The third-order valence-corrected chi connectivity index (χ3v) is 4.09. The van der Waals surface area contributed by atoms with Crippen LogP contribution in [0, 0.1) is 0 Å². The summed E-state index contributed by atoms with van der Waals surface area (Å²) in [5.74, 6) is 1.54. The molecule has 2 nitrogen and oxygen atoms in total. The molecule has 1 atom stereocenters. The first-order valence-corrected chi connectivity index (χ1v) is 7.89. The Bertz CT molecular complexity index is 468. The van der Waals surface area contributed by atoms with E-state index in [1.807, 2.05) is 0 Å². The smallest absolute Gasteiger partial charge is 0.128 e. The number of hydrogen-bond acceptors (Lipinski definition) is 2. The number of benzene rings is 1. The van der Waals surface area contributed by atoms with Gasteiger partial charge in [0.1, 0.15) is 11.4 Å². The molecular weight excluding hydrogens is 302 g/mol. The predicted molar refractivity (Wildman–Crippen MR) is 84.0 cm³/mol. The minimum Gasteiger partial charge on any atom is -0.487 e. The Hall–Kier alpha value is -0.540. The van der Waals surface area contributed by atoms with Crippen LogP contribution in [0.25, 0.3) is 0 Å². The van der Waals surface area contributed by atoms with Gasteiger partial charge in [0, 0.05) is 22.5 Å². The molecule has 0 amide bonds. The number of nitrogens with one attached hydrogen (secondary N) is 1. The number of ether oxygens (including phenoxy) is 1. The monoisotopic (exact) mass is 325 g/mol. The van der Waals surface area contributed by atoms with Gasteiger partial charge in [-0.2, -0.15) is 0 Å². The first-order valence-electron chi connectivity index (χ1n) is 7.10. The number of rotatable bonds is 3. The lowest BCUT2D eigenvalue weighted by Gasteiger charge is -2.39. The molecule has 1 unspecified atom stereocenters. The molecule has 0 fully saturated rings. The van der Waals surface area contributed by atoms with Crippen molar-refractivity contribution in [3.05, 3.63) is 27.7 Å². The van der Waals surface area contributed by atoms with Crippen molar-refractivity contribution in [3.8, 4) is 5.75 Å². The molecule has 106 valence electrons.